The normalized spacial score (nSPS) is 12.5. The monoisotopic (exact) mass is 282 g/mol. The minimum absolute atomic E-state index is 0.264. The molecule has 0 saturated heterocycles. The van der Waals surface area contributed by atoms with Gasteiger partial charge in [0.1, 0.15) is 0 Å². The van der Waals surface area contributed by atoms with E-state index in [-0.39, 0.29) is 5.78 Å². The lowest BCUT2D eigenvalue weighted by atomic mass is 9.94. The number of Topliss-reactive ketones (excluding diaryl/α,β-unsaturated/α-hetero) is 1. The van der Waals surface area contributed by atoms with Gasteiger partial charge in [0.05, 0.1) is 0 Å². The fourth-order valence-electron chi connectivity index (χ4n) is 1.93. The number of carbonyl (C=O) groups is 1. The molecule has 1 unspecified atom stereocenters. The number of halogens is 1. The molecule has 0 radical (unpaired) electrons. The molecule has 88 valence electrons. The van der Waals surface area contributed by atoms with Gasteiger partial charge in [-0.1, -0.05) is 54.8 Å². The standard InChI is InChI=1S/C14H19BrO/c1-4-6-10(2)9-14(16)12-7-5-8-13(15)11(12)3/h5,7-8,10H,4,6,9H2,1-3H3. The average molecular weight is 283 g/mol. The second-order valence-corrected chi connectivity index (χ2v) is 5.29. The molecule has 1 nitrogen and oxygen atoms in total. The van der Waals surface area contributed by atoms with Crippen molar-refractivity contribution in [3.05, 3.63) is 33.8 Å². The molecular weight excluding hydrogens is 264 g/mol. The lowest BCUT2D eigenvalue weighted by Gasteiger charge is -2.11. The van der Waals surface area contributed by atoms with Gasteiger partial charge in [0, 0.05) is 16.5 Å². The first-order valence-corrected chi connectivity index (χ1v) is 6.63. The lowest BCUT2D eigenvalue weighted by Crippen LogP contribution is -2.07. The van der Waals surface area contributed by atoms with Crippen LogP contribution < -0.4 is 0 Å². The number of benzene rings is 1. The van der Waals surface area contributed by atoms with Gasteiger partial charge in [-0.2, -0.15) is 0 Å². The summed E-state index contributed by atoms with van der Waals surface area (Å²) in [5.41, 5.74) is 1.91. The second-order valence-electron chi connectivity index (χ2n) is 4.43. The predicted octanol–water partition coefficient (Wildman–Crippen LogP) is 4.77. The number of hydrogen-bond donors (Lipinski definition) is 0. The fourth-order valence-corrected chi connectivity index (χ4v) is 2.30. The van der Waals surface area contributed by atoms with Crippen LogP contribution in [0.2, 0.25) is 0 Å². The highest BCUT2D eigenvalue weighted by molar-refractivity contribution is 9.10. The Hall–Kier alpha value is -0.630. The largest absolute Gasteiger partial charge is 0.294 e. The van der Waals surface area contributed by atoms with Crippen LogP contribution in [0.5, 0.6) is 0 Å². The first-order valence-electron chi connectivity index (χ1n) is 5.84. The third kappa shape index (κ3) is 3.44. The summed E-state index contributed by atoms with van der Waals surface area (Å²) in [5.74, 6) is 0.746. The minimum atomic E-state index is 0.264. The number of hydrogen-bond acceptors (Lipinski definition) is 1. The maximum Gasteiger partial charge on any atom is 0.163 e. The second kappa shape index (κ2) is 6.19. The van der Waals surface area contributed by atoms with Crippen LogP contribution in [-0.4, -0.2) is 5.78 Å². The molecule has 16 heavy (non-hydrogen) atoms. The molecule has 1 atom stereocenters. The van der Waals surface area contributed by atoms with Crippen LogP contribution in [0.3, 0.4) is 0 Å². The van der Waals surface area contributed by atoms with Gasteiger partial charge in [-0.25, -0.2) is 0 Å². The molecule has 0 amide bonds. The zero-order chi connectivity index (χ0) is 12.1. The molecular formula is C14H19BrO. The zero-order valence-corrected chi connectivity index (χ0v) is 11.8. The summed E-state index contributed by atoms with van der Waals surface area (Å²) in [5, 5.41) is 0. The van der Waals surface area contributed by atoms with E-state index in [1.165, 1.54) is 0 Å². The van der Waals surface area contributed by atoms with Crippen molar-refractivity contribution in [2.24, 2.45) is 5.92 Å². The van der Waals surface area contributed by atoms with Crippen LogP contribution >= 0.6 is 15.9 Å². The first kappa shape index (κ1) is 13.4. The topological polar surface area (TPSA) is 17.1 Å². The molecule has 0 saturated carbocycles. The molecule has 0 aliphatic carbocycles. The van der Waals surface area contributed by atoms with Crippen molar-refractivity contribution in [2.45, 2.75) is 40.0 Å². The Morgan fingerprint density at radius 2 is 2.12 bits per heavy atom. The van der Waals surface area contributed by atoms with Gasteiger partial charge >= 0.3 is 0 Å². The predicted molar refractivity (Wildman–Crippen MR) is 71.9 cm³/mol. The van der Waals surface area contributed by atoms with E-state index < -0.39 is 0 Å². The summed E-state index contributed by atoms with van der Waals surface area (Å²) in [4.78, 5) is 12.1. The van der Waals surface area contributed by atoms with Crippen molar-refractivity contribution in [3.8, 4) is 0 Å². The van der Waals surface area contributed by atoms with E-state index in [2.05, 4.69) is 29.8 Å². The van der Waals surface area contributed by atoms with Crippen molar-refractivity contribution in [1.29, 1.82) is 0 Å². The smallest absolute Gasteiger partial charge is 0.163 e. The maximum atomic E-state index is 12.1. The van der Waals surface area contributed by atoms with Crippen LogP contribution in [0, 0.1) is 12.8 Å². The van der Waals surface area contributed by atoms with Crippen molar-refractivity contribution < 1.29 is 4.79 Å². The quantitative estimate of drug-likeness (QED) is 0.711. The van der Waals surface area contributed by atoms with Crippen LogP contribution in [0.25, 0.3) is 0 Å². The maximum absolute atomic E-state index is 12.1. The van der Waals surface area contributed by atoms with Gasteiger partial charge in [-0.15, -0.1) is 0 Å². The van der Waals surface area contributed by atoms with Crippen LogP contribution in [-0.2, 0) is 0 Å². The Morgan fingerprint density at radius 1 is 1.44 bits per heavy atom. The van der Waals surface area contributed by atoms with Crippen LogP contribution in [0.1, 0.15) is 49.0 Å². The minimum Gasteiger partial charge on any atom is -0.294 e. The Bertz CT molecular complexity index is 371. The Labute approximate surface area is 106 Å². The van der Waals surface area contributed by atoms with Crippen molar-refractivity contribution >= 4 is 21.7 Å². The Balaban J connectivity index is 2.77. The molecule has 0 spiro atoms. The highest BCUT2D eigenvalue weighted by Crippen LogP contribution is 2.22. The molecule has 0 aromatic heterocycles. The van der Waals surface area contributed by atoms with Crippen molar-refractivity contribution in [3.63, 3.8) is 0 Å². The van der Waals surface area contributed by atoms with Crippen molar-refractivity contribution in [1.82, 2.24) is 0 Å². The van der Waals surface area contributed by atoms with Crippen LogP contribution in [0.15, 0.2) is 22.7 Å². The first-order chi connectivity index (χ1) is 7.56. The molecule has 0 fully saturated rings. The molecule has 0 bridgehead atoms. The highest BCUT2D eigenvalue weighted by Gasteiger charge is 2.13. The fraction of sp³-hybridized carbons (Fsp3) is 0.500. The van der Waals surface area contributed by atoms with E-state index in [4.69, 9.17) is 0 Å². The van der Waals surface area contributed by atoms with E-state index >= 15 is 0 Å². The summed E-state index contributed by atoms with van der Waals surface area (Å²) in [6.45, 7) is 6.29. The van der Waals surface area contributed by atoms with E-state index in [0.29, 0.717) is 12.3 Å². The van der Waals surface area contributed by atoms with Crippen molar-refractivity contribution in [2.75, 3.05) is 0 Å². The summed E-state index contributed by atoms with van der Waals surface area (Å²) in [6, 6.07) is 5.82. The Morgan fingerprint density at radius 3 is 2.75 bits per heavy atom. The zero-order valence-electron chi connectivity index (χ0n) is 10.2. The molecule has 1 aromatic carbocycles. The highest BCUT2D eigenvalue weighted by atomic mass is 79.9. The summed E-state index contributed by atoms with van der Waals surface area (Å²) in [7, 11) is 0. The molecule has 1 aromatic rings. The molecule has 0 N–H and O–H groups in total. The third-order valence-corrected chi connectivity index (χ3v) is 3.74. The number of rotatable bonds is 5. The third-order valence-electron chi connectivity index (χ3n) is 2.88. The summed E-state index contributed by atoms with van der Waals surface area (Å²) < 4.78 is 1.02. The van der Waals surface area contributed by atoms with Gasteiger partial charge in [-0.3, -0.25) is 4.79 Å². The SMILES string of the molecule is CCCC(C)CC(=O)c1cccc(Br)c1C. The summed E-state index contributed by atoms with van der Waals surface area (Å²) in [6.07, 6.45) is 2.93. The lowest BCUT2D eigenvalue weighted by molar-refractivity contribution is 0.0962. The number of carbonyl (C=O) groups excluding carboxylic acids is 1. The van der Waals surface area contributed by atoms with Gasteiger partial charge in [0.2, 0.25) is 0 Å². The molecule has 1 rings (SSSR count). The molecule has 0 aliphatic heterocycles. The van der Waals surface area contributed by atoms with E-state index in [9.17, 15) is 4.79 Å². The molecule has 2 heteroatoms. The van der Waals surface area contributed by atoms with Gasteiger partial charge < -0.3 is 0 Å². The Kier molecular flexibility index (Phi) is 5.20. The summed E-state index contributed by atoms with van der Waals surface area (Å²) >= 11 is 3.46. The van der Waals surface area contributed by atoms with E-state index in [1.54, 1.807) is 0 Å². The van der Waals surface area contributed by atoms with Gasteiger partial charge in [-0.05, 0) is 24.5 Å². The number of ketones is 1. The average Bonchev–Trinajstić information content (AvgIpc) is 2.22. The van der Waals surface area contributed by atoms with Crippen LogP contribution in [0.4, 0.5) is 0 Å². The van der Waals surface area contributed by atoms with E-state index in [1.807, 2.05) is 25.1 Å². The van der Waals surface area contributed by atoms with Gasteiger partial charge in [0.25, 0.3) is 0 Å². The molecule has 0 aliphatic rings. The van der Waals surface area contributed by atoms with E-state index in [0.717, 1.165) is 28.4 Å². The van der Waals surface area contributed by atoms with Gasteiger partial charge in [0.15, 0.2) is 5.78 Å². The molecule has 0 heterocycles.